The molecule has 0 fully saturated rings. The lowest BCUT2D eigenvalue weighted by molar-refractivity contribution is -0.116. The van der Waals surface area contributed by atoms with Crippen LogP contribution in [-0.2, 0) is 11.3 Å². The van der Waals surface area contributed by atoms with Gasteiger partial charge in [-0.05, 0) is 37.3 Å². The first kappa shape index (κ1) is 16.4. The molecule has 1 aromatic heterocycles. The highest BCUT2D eigenvalue weighted by atomic mass is 35.5. The van der Waals surface area contributed by atoms with Crippen molar-refractivity contribution in [2.75, 3.05) is 5.32 Å². The van der Waals surface area contributed by atoms with Gasteiger partial charge >= 0.3 is 0 Å². The van der Waals surface area contributed by atoms with Gasteiger partial charge in [0.2, 0.25) is 5.91 Å². The molecular weight excluding hydrogens is 333 g/mol. The topological polar surface area (TPSA) is 67.2 Å². The fraction of sp³-hybridized carbons (Fsp3) is 0.176. The van der Waals surface area contributed by atoms with Crippen LogP contribution in [-0.4, -0.2) is 20.6 Å². The molecule has 0 spiro atoms. The highest BCUT2D eigenvalue weighted by Gasteiger charge is 2.17. The van der Waals surface area contributed by atoms with Crippen molar-refractivity contribution in [2.24, 2.45) is 0 Å². The van der Waals surface area contributed by atoms with Crippen LogP contribution in [0.2, 0.25) is 5.02 Å². The number of para-hydroxylation sites is 2. The molecule has 2 N–H and O–H groups in total. The van der Waals surface area contributed by atoms with Gasteiger partial charge in [-0.2, -0.15) is 0 Å². The number of halogens is 2. The summed E-state index contributed by atoms with van der Waals surface area (Å²) in [4.78, 5) is 16.7. The first-order valence-electron chi connectivity index (χ1n) is 7.34. The van der Waals surface area contributed by atoms with E-state index >= 15 is 0 Å². The molecule has 0 aliphatic rings. The average Bonchev–Trinajstić information content (AvgIpc) is 2.90. The molecule has 3 rings (SSSR count). The molecule has 124 valence electrons. The van der Waals surface area contributed by atoms with Crippen LogP contribution in [0.1, 0.15) is 18.9 Å². The molecule has 0 bridgehead atoms. The van der Waals surface area contributed by atoms with Gasteiger partial charge < -0.3 is 15.0 Å². The van der Waals surface area contributed by atoms with Crippen LogP contribution >= 0.6 is 11.6 Å². The molecule has 3 aromatic rings. The number of nitrogens with zero attached hydrogens (tertiary/aromatic N) is 2. The van der Waals surface area contributed by atoms with E-state index in [2.05, 4.69) is 10.3 Å². The second-order valence-corrected chi connectivity index (χ2v) is 5.81. The summed E-state index contributed by atoms with van der Waals surface area (Å²) >= 11 is 5.71. The number of imidazole rings is 1. The van der Waals surface area contributed by atoms with E-state index in [4.69, 9.17) is 11.6 Å². The van der Waals surface area contributed by atoms with E-state index in [-0.39, 0.29) is 17.5 Å². The first-order valence-corrected chi connectivity index (χ1v) is 7.71. The summed E-state index contributed by atoms with van der Waals surface area (Å²) < 4.78 is 14.8. The number of aliphatic hydroxyl groups is 1. The van der Waals surface area contributed by atoms with Crippen molar-refractivity contribution in [1.82, 2.24) is 9.55 Å². The van der Waals surface area contributed by atoms with Crippen molar-refractivity contribution in [3.05, 3.63) is 59.1 Å². The maximum Gasteiger partial charge on any atom is 0.244 e. The van der Waals surface area contributed by atoms with Crippen LogP contribution < -0.4 is 5.32 Å². The van der Waals surface area contributed by atoms with E-state index in [1.165, 1.54) is 18.2 Å². The highest BCUT2D eigenvalue weighted by Crippen LogP contribution is 2.22. The van der Waals surface area contributed by atoms with Gasteiger partial charge in [0, 0.05) is 5.69 Å². The Hall–Kier alpha value is -2.44. The predicted molar refractivity (Wildman–Crippen MR) is 90.4 cm³/mol. The average molecular weight is 348 g/mol. The van der Waals surface area contributed by atoms with Crippen LogP contribution in [0.25, 0.3) is 11.0 Å². The normalized spacial score (nSPS) is 12.3. The Balaban J connectivity index is 1.87. The Bertz CT molecular complexity index is 908. The summed E-state index contributed by atoms with van der Waals surface area (Å²) in [5.74, 6) is -0.474. The molecule has 1 heterocycles. The zero-order chi connectivity index (χ0) is 17.3. The van der Waals surface area contributed by atoms with Crippen molar-refractivity contribution in [3.8, 4) is 0 Å². The van der Waals surface area contributed by atoms with Crippen molar-refractivity contribution < 1.29 is 14.3 Å². The van der Waals surface area contributed by atoms with Gasteiger partial charge in [0.15, 0.2) is 0 Å². The van der Waals surface area contributed by atoms with Crippen LogP contribution in [0.3, 0.4) is 0 Å². The SMILES string of the molecule is CC(O)c1nc2ccccc2n1CC(=O)Nc1ccc(F)c(Cl)c1. The number of aliphatic hydroxyl groups excluding tert-OH is 1. The molecule has 7 heteroatoms. The lowest BCUT2D eigenvalue weighted by Crippen LogP contribution is -2.20. The Kier molecular flexibility index (Phi) is 4.51. The van der Waals surface area contributed by atoms with Crippen molar-refractivity contribution >= 4 is 34.2 Å². The Labute approximate surface area is 142 Å². The highest BCUT2D eigenvalue weighted by molar-refractivity contribution is 6.31. The third kappa shape index (κ3) is 3.25. The third-order valence-electron chi connectivity index (χ3n) is 3.56. The summed E-state index contributed by atoms with van der Waals surface area (Å²) in [7, 11) is 0. The number of hydrogen-bond acceptors (Lipinski definition) is 3. The lowest BCUT2D eigenvalue weighted by atomic mass is 10.3. The molecule has 0 aliphatic carbocycles. The number of fused-ring (bicyclic) bond motifs is 1. The quantitative estimate of drug-likeness (QED) is 0.758. The summed E-state index contributed by atoms with van der Waals surface area (Å²) in [6, 6.07) is 11.3. The van der Waals surface area contributed by atoms with Crippen LogP contribution in [0, 0.1) is 5.82 Å². The molecule has 24 heavy (non-hydrogen) atoms. The van der Waals surface area contributed by atoms with Gasteiger partial charge in [0.05, 0.1) is 16.1 Å². The second-order valence-electron chi connectivity index (χ2n) is 5.40. The van der Waals surface area contributed by atoms with E-state index in [9.17, 15) is 14.3 Å². The monoisotopic (exact) mass is 347 g/mol. The van der Waals surface area contributed by atoms with E-state index in [0.29, 0.717) is 17.0 Å². The van der Waals surface area contributed by atoms with E-state index in [0.717, 1.165) is 5.52 Å². The molecule has 0 aliphatic heterocycles. The fourth-order valence-electron chi connectivity index (χ4n) is 2.50. The first-order chi connectivity index (χ1) is 11.5. The number of rotatable bonds is 4. The largest absolute Gasteiger partial charge is 0.385 e. The summed E-state index contributed by atoms with van der Waals surface area (Å²) in [5, 5.41) is 12.5. The molecule has 5 nitrogen and oxygen atoms in total. The number of hydrogen-bond donors (Lipinski definition) is 2. The molecule has 0 saturated carbocycles. The maximum absolute atomic E-state index is 13.2. The molecule has 0 radical (unpaired) electrons. The second kappa shape index (κ2) is 6.59. The van der Waals surface area contributed by atoms with E-state index in [1.807, 2.05) is 24.3 Å². The number of anilines is 1. The van der Waals surface area contributed by atoms with Crippen LogP contribution in [0.5, 0.6) is 0 Å². The molecule has 0 saturated heterocycles. The molecule has 1 atom stereocenters. The van der Waals surface area contributed by atoms with Gasteiger partial charge in [0.25, 0.3) is 0 Å². The number of carbonyl (C=O) groups excluding carboxylic acids is 1. The molecule has 2 aromatic carbocycles. The van der Waals surface area contributed by atoms with Crippen LogP contribution in [0.15, 0.2) is 42.5 Å². The smallest absolute Gasteiger partial charge is 0.244 e. The van der Waals surface area contributed by atoms with Crippen molar-refractivity contribution in [1.29, 1.82) is 0 Å². The third-order valence-corrected chi connectivity index (χ3v) is 3.85. The number of amides is 1. The van der Waals surface area contributed by atoms with Crippen LogP contribution in [0.4, 0.5) is 10.1 Å². The number of nitrogens with one attached hydrogen (secondary N) is 1. The molecular formula is C17H15ClFN3O2. The zero-order valence-electron chi connectivity index (χ0n) is 12.8. The Morgan fingerprint density at radius 1 is 1.38 bits per heavy atom. The Morgan fingerprint density at radius 2 is 2.12 bits per heavy atom. The minimum absolute atomic E-state index is 0.0320. The number of aromatic nitrogens is 2. The fourth-order valence-corrected chi connectivity index (χ4v) is 2.68. The summed E-state index contributed by atoms with van der Waals surface area (Å²) in [5.41, 5.74) is 1.85. The summed E-state index contributed by atoms with van der Waals surface area (Å²) in [6.07, 6.45) is -0.814. The Morgan fingerprint density at radius 3 is 2.83 bits per heavy atom. The van der Waals surface area contributed by atoms with Crippen molar-refractivity contribution in [2.45, 2.75) is 19.6 Å². The number of benzene rings is 2. The standard InChI is InChI=1S/C17H15ClFN3O2/c1-10(23)17-21-14-4-2-3-5-15(14)22(17)9-16(24)20-11-6-7-13(19)12(18)8-11/h2-8,10,23H,9H2,1H3,(H,20,24). The summed E-state index contributed by atoms with van der Waals surface area (Å²) in [6.45, 7) is 1.56. The minimum Gasteiger partial charge on any atom is -0.385 e. The van der Waals surface area contributed by atoms with Gasteiger partial charge in [-0.25, -0.2) is 9.37 Å². The van der Waals surface area contributed by atoms with Gasteiger partial charge in [-0.15, -0.1) is 0 Å². The maximum atomic E-state index is 13.2. The van der Waals surface area contributed by atoms with Gasteiger partial charge in [-0.3, -0.25) is 4.79 Å². The lowest BCUT2D eigenvalue weighted by Gasteiger charge is -2.11. The van der Waals surface area contributed by atoms with Crippen molar-refractivity contribution in [3.63, 3.8) is 0 Å². The van der Waals surface area contributed by atoms with E-state index in [1.54, 1.807) is 11.5 Å². The predicted octanol–water partition coefficient (Wildman–Crippen LogP) is 3.52. The van der Waals surface area contributed by atoms with Gasteiger partial charge in [0.1, 0.15) is 24.3 Å². The van der Waals surface area contributed by atoms with E-state index < -0.39 is 11.9 Å². The molecule has 1 unspecified atom stereocenters. The molecule has 1 amide bonds. The zero-order valence-corrected chi connectivity index (χ0v) is 13.6. The minimum atomic E-state index is -0.814. The van der Waals surface area contributed by atoms with Gasteiger partial charge in [-0.1, -0.05) is 23.7 Å². The number of carbonyl (C=O) groups is 1.